The topological polar surface area (TPSA) is 18.5 Å². The van der Waals surface area contributed by atoms with Crippen molar-refractivity contribution in [3.05, 3.63) is 71.3 Å². The van der Waals surface area contributed by atoms with Crippen LogP contribution in [0.15, 0.2) is 54.6 Å². The average molecular weight is 284 g/mol. The summed E-state index contributed by atoms with van der Waals surface area (Å²) in [5.74, 6) is -0.843. The molecule has 2 aromatic carbocycles. The normalized spacial score (nSPS) is 11.6. The summed E-state index contributed by atoms with van der Waals surface area (Å²) in [5.41, 5.74) is 3.37. The zero-order valence-electron chi connectivity index (χ0n) is 13.1. The van der Waals surface area contributed by atoms with Gasteiger partial charge in [-0.2, -0.15) is 0 Å². The highest BCUT2D eigenvalue weighted by Gasteiger charge is 2.34. The molecule has 0 fully saturated rings. The van der Waals surface area contributed by atoms with Crippen LogP contribution in [0.4, 0.5) is 0 Å². The summed E-state index contributed by atoms with van der Waals surface area (Å²) in [6.07, 6.45) is 3.55. The zero-order valence-corrected chi connectivity index (χ0v) is 13.1. The summed E-state index contributed by atoms with van der Waals surface area (Å²) in [6, 6.07) is 18.6. The van der Waals surface area contributed by atoms with Crippen LogP contribution in [0, 0.1) is 0 Å². The fourth-order valence-corrected chi connectivity index (χ4v) is 2.65. The molecule has 0 heterocycles. The Hall–Kier alpha value is -1.64. The molecule has 0 saturated heterocycles. The standard InChI is InChI=1S/C19H24O2/c1-4-5-9-16-12-14-18(15-13-16)19(20-2,21-3)17-10-7-6-8-11-17/h6-8,10-15H,4-5,9H2,1-3H3. The molecule has 0 aliphatic rings. The van der Waals surface area contributed by atoms with E-state index >= 15 is 0 Å². The molecule has 0 aliphatic heterocycles. The van der Waals surface area contributed by atoms with Crippen LogP contribution in [0.5, 0.6) is 0 Å². The average Bonchev–Trinajstić information content (AvgIpc) is 2.57. The maximum absolute atomic E-state index is 5.76. The number of aryl methyl sites for hydroxylation is 1. The number of hydrogen-bond donors (Lipinski definition) is 0. The van der Waals surface area contributed by atoms with E-state index < -0.39 is 5.79 Å². The Morgan fingerprint density at radius 1 is 0.810 bits per heavy atom. The fourth-order valence-electron chi connectivity index (χ4n) is 2.65. The highest BCUT2D eigenvalue weighted by atomic mass is 16.7. The van der Waals surface area contributed by atoms with E-state index in [-0.39, 0.29) is 0 Å². The first-order valence-corrected chi connectivity index (χ1v) is 7.52. The van der Waals surface area contributed by atoms with Crippen molar-refractivity contribution in [3.63, 3.8) is 0 Å². The maximum Gasteiger partial charge on any atom is 0.221 e. The molecule has 0 spiro atoms. The quantitative estimate of drug-likeness (QED) is 0.696. The lowest BCUT2D eigenvalue weighted by Gasteiger charge is -2.32. The molecule has 2 heteroatoms. The molecule has 0 saturated carbocycles. The van der Waals surface area contributed by atoms with Gasteiger partial charge in [0.1, 0.15) is 0 Å². The second kappa shape index (κ2) is 7.39. The van der Waals surface area contributed by atoms with Gasteiger partial charge in [-0.15, -0.1) is 0 Å². The Bertz CT molecular complexity index is 527. The molecule has 0 bridgehead atoms. The van der Waals surface area contributed by atoms with Crippen molar-refractivity contribution in [2.24, 2.45) is 0 Å². The van der Waals surface area contributed by atoms with Gasteiger partial charge >= 0.3 is 0 Å². The largest absolute Gasteiger partial charge is 0.346 e. The molecule has 21 heavy (non-hydrogen) atoms. The van der Waals surface area contributed by atoms with Crippen molar-refractivity contribution in [3.8, 4) is 0 Å². The predicted octanol–water partition coefficient (Wildman–Crippen LogP) is 4.52. The van der Waals surface area contributed by atoms with Gasteiger partial charge in [0, 0.05) is 25.3 Å². The molecule has 0 amide bonds. The molecule has 0 aliphatic carbocycles. The van der Waals surface area contributed by atoms with E-state index in [9.17, 15) is 0 Å². The Morgan fingerprint density at radius 2 is 1.38 bits per heavy atom. The van der Waals surface area contributed by atoms with Crippen molar-refractivity contribution in [1.82, 2.24) is 0 Å². The van der Waals surface area contributed by atoms with E-state index in [1.807, 2.05) is 30.3 Å². The smallest absolute Gasteiger partial charge is 0.221 e. The van der Waals surface area contributed by atoms with Crippen molar-refractivity contribution in [2.75, 3.05) is 14.2 Å². The van der Waals surface area contributed by atoms with Crippen LogP contribution in [-0.4, -0.2) is 14.2 Å². The molecule has 2 nitrogen and oxygen atoms in total. The lowest BCUT2D eigenvalue weighted by atomic mass is 9.95. The summed E-state index contributed by atoms with van der Waals surface area (Å²) in [4.78, 5) is 0. The van der Waals surface area contributed by atoms with Gasteiger partial charge in [-0.3, -0.25) is 0 Å². The van der Waals surface area contributed by atoms with Crippen LogP contribution in [0.3, 0.4) is 0 Å². The van der Waals surface area contributed by atoms with Gasteiger partial charge in [-0.1, -0.05) is 67.9 Å². The van der Waals surface area contributed by atoms with Gasteiger partial charge in [0.05, 0.1) is 0 Å². The van der Waals surface area contributed by atoms with Crippen LogP contribution >= 0.6 is 0 Å². The van der Waals surface area contributed by atoms with Crippen molar-refractivity contribution >= 4 is 0 Å². The molecule has 2 rings (SSSR count). The fraction of sp³-hybridized carbons (Fsp3) is 0.368. The predicted molar refractivity (Wildman–Crippen MR) is 86.3 cm³/mol. The molecule has 0 aromatic heterocycles. The Labute approximate surface area is 127 Å². The van der Waals surface area contributed by atoms with E-state index in [4.69, 9.17) is 9.47 Å². The Morgan fingerprint density at radius 3 is 1.90 bits per heavy atom. The minimum Gasteiger partial charge on any atom is -0.346 e. The van der Waals surface area contributed by atoms with Crippen LogP contribution in [0.1, 0.15) is 36.5 Å². The van der Waals surface area contributed by atoms with Crippen LogP contribution in [0.2, 0.25) is 0 Å². The number of methoxy groups -OCH3 is 2. The van der Waals surface area contributed by atoms with Gasteiger partial charge in [0.2, 0.25) is 5.79 Å². The third-order valence-electron chi connectivity index (χ3n) is 3.88. The minimum atomic E-state index is -0.843. The summed E-state index contributed by atoms with van der Waals surface area (Å²) in [7, 11) is 3.36. The van der Waals surface area contributed by atoms with Gasteiger partial charge in [0.25, 0.3) is 0 Å². The van der Waals surface area contributed by atoms with Gasteiger partial charge in [0.15, 0.2) is 0 Å². The first-order chi connectivity index (χ1) is 10.3. The molecule has 0 N–H and O–H groups in total. The third-order valence-corrected chi connectivity index (χ3v) is 3.88. The Kier molecular flexibility index (Phi) is 5.54. The maximum atomic E-state index is 5.76. The first-order valence-electron chi connectivity index (χ1n) is 7.52. The second-order valence-electron chi connectivity index (χ2n) is 5.19. The van der Waals surface area contributed by atoms with E-state index in [1.54, 1.807) is 14.2 Å². The van der Waals surface area contributed by atoms with Crippen LogP contribution in [-0.2, 0) is 21.7 Å². The lowest BCUT2D eigenvalue weighted by Crippen LogP contribution is -2.32. The lowest BCUT2D eigenvalue weighted by molar-refractivity contribution is -0.183. The number of rotatable bonds is 7. The number of hydrogen-bond acceptors (Lipinski definition) is 2. The van der Waals surface area contributed by atoms with Crippen molar-refractivity contribution < 1.29 is 9.47 Å². The van der Waals surface area contributed by atoms with Crippen LogP contribution < -0.4 is 0 Å². The molecule has 0 atom stereocenters. The first kappa shape index (κ1) is 15.7. The van der Waals surface area contributed by atoms with Gasteiger partial charge in [-0.05, 0) is 18.4 Å². The molecule has 2 aromatic rings. The van der Waals surface area contributed by atoms with Gasteiger partial charge in [-0.25, -0.2) is 0 Å². The molecular weight excluding hydrogens is 260 g/mol. The van der Waals surface area contributed by atoms with Crippen LogP contribution in [0.25, 0.3) is 0 Å². The highest BCUT2D eigenvalue weighted by molar-refractivity contribution is 5.35. The summed E-state index contributed by atoms with van der Waals surface area (Å²) >= 11 is 0. The van der Waals surface area contributed by atoms with E-state index in [0.717, 1.165) is 17.5 Å². The van der Waals surface area contributed by atoms with Gasteiger partial charge < -0.3 is 9.47 Å². The SMILES string of the molecule is CCCCc1ccc(C(OC)(OC)c2ccccc2)cc1. The second-order valence-corrected chi connectivity index (χ2v) is 5.19. The summed E-state index contributed by atoms with van der Waals surface area (Å²) < 4.78 is 11.5. The number of ether oxygens (including phenoxy) is 2. The monoisotopic (exact) mass is 284 g/mol. The van der Waals surface area contributed by atoms with Crippen molar-refractivity contribution in [1.29, 1.82) is 0 Å². The summed E-state index contributed by atoms with van der Waals surface area (Å²) in [5, 5.41) is 0. The summed E-state index contributed by atoms with van der Waals surface area (Å²) in [6.45, 7) is 2.21. The molecule has 0 unspecified atom stereocenters. The van der Waals surface area contributed by atoms with Crippen molar-refractivity contribution in [2.45, 2.75) is 32.0 Å². The minimum absolute atomic E-state index is 0.843. The highest BCUT2D eigenvalue weighted by Crippen LogP contribution is 2.34. The molecule has 0 radical (unpaired) electrons. The molecule has 112 valence electrons. The number of benzene rings is 2. The zero-order chi connectivity index (χ0) is 15.1. The Balaban J connectivity index is 2.34. The molecular formula is C19H24O2. The third kappa shape index (κ3) is 3.34. The van der Waals surface area contributed by atoms with E-state index in [1.165, 1.54) is 18.4 Å². The van der Waals surface area contributed by atoms with E-state index in [2.05, 4.69) is 31.2 Å². The number of unbranched alkanes of at least 4 members (excludes halogenated alkanes) is 1. The van der Waals surface area contributed by atoms with E-state index in [0.29, 0.717) is 0 Å².